The van der Waals surface area contributed by atoms with Gasteiger partial charge in [0.1, 0.15) is 0 Å². The third kappa shape index (κ3) is 4.22. The summed E-state index contributed by atoms with van der Waals surface area (Å²) in [5, 5.41) is 2.83. The van der Waals surface area contributed by atoms with Crippen LogP contribution in [0.2, 0.25) is 0 Å². The number of nitrogens with one attached hydrogen (secondary N) is 1. The molecule has 2 rings (SSSR count). The van der Waals surface area contributed by atoms with Crippen molar-refractivity contribution in [2.45, 2.75) is 19.3 Å². The predicted molar refractivity (Wildman–Crippen MR) is 80.8 cm³/mol. The minimum absolute atomic E-state index is 0.0553. The number of hydrogen-bond donors (Lipinski definition) is 2. The number of hydrogen-bond acceptors (Lipinski definition) is 2. The fraction of sp³-hybridized carbons (Fsp3) is 0.200. The van der Waals surface area contributed by atoms with Crippen molar-refractivity contribution in [1.82, 2.24) is 0 Å². The smallest absolute Gasteiger partial charge is 0.380 e. The van der Waals surface area contributed by atoms with Crippen molar-refractivity contribution in [3.05, 3.63) is 63.6 Å². The average Bonchev–Trinajstić information content (AvgIpc) is 2.44. The quantitative estimate of drug-likeness (QED) is 0.841. The topological polar surface area (TPSA) is 38.0 Å². The average molecular weight is 359 g/mol. The van der Waals surface area contributed by atoms with Crippen LogP contribution in [0.5, 0.6) is 0 Å². The summed E-state index contributed by atoms with van der Waals surface area (Å²) in [6.45, 7) is 0.752. The summed E-state index contributed by atoms with van der Waals surface area (Å²) in [5.41, 5.74) is 6.75. The lowest BCUT2D eigenvalue weighted by atomic mass is 10.1. The molecule has 0 heterocycles. The fourth-order valence-corrected chi connectivity index (χ4v) is 2.26. The van der Waals surface area contributed by atoms with E-state index in [0.717, 1.165) is 17.2 Å². The van der Waals surface area contributed by atoms with E-state index in [1.807, 2.05) is 24.3 Å². The molecular formula is C15H14BrF3N2. The number of nitrogens with two attached hydrogens (primary N) is 1. The lowest BCUT2D eigenvalue weighted by Crippen LogP contribution is -2.11. The number of anilines is 1. The van der Waals surface area contributed by atoms with Crippen LogP contribution >= 0.6 is 15.9 Å². The molecule has 2 nitrogen and oxygen atoms in total. The molecule has 0 radical (unpaired) electrons. The van der Waals surface area contributed by atoms with Gasteiger partial charge in [0.15, 0.2) is 0 Å². The molecule has 0 spiro atoms. The van der Waals surface area contributed by atoms with E-state index in [2.05, 4.69) is 21.2 Å². The van der Waals surface area contributed by atoms with Gasteiger partial charge >= 0.3 is 6.18 Å². The maximum atomic E-state index is 12.9. The van der Waals surface area contributed by atoms with Crippen molar-refractivity contribution in [2.75, 3.05) is 5.32 Å². The highest BCUT2D eigenvalue weighted by Crippen LogP contribution is 2.36. The van der Waals surface area contributed by atoms with E-state index in [-0.39, 0.29) is 5.69 Å². The second-order valence-corrected chi connectivity index (χ2v) is 5.48. The van der Waals surface area contributed by atoms with Gasteiger partial charge in [-0.15, -0.1) is 0 Å². The van der Waals surface area contributed by atoms with Gasteiger partial charge in [-0.2, -0.15) is 13.2 Å². The van der Waals surface area contributed by atoms with Crippen molar-refractivity contribution in [2.24, 2.45) is 5.73 Å². The number of rotatable bonds is 4. The molecule has 0 saturated carbocycles. The molecule has 0 aliphatic heterocycles. The van der Waals surface area contributed by atoms with Gasteiger partial charge in [0.25, 0.3) is 0 Å². The van der Waals surface area contributed by atoms with E-state index in [1.165, 1.54) is 12.1 Å². The van der Waals surface area contributed by atoms with Crippen molar-refractivity contribution in [1.29, 1.82) is 0 Å². The molecule has 112 valence electrons. The Morgan fingerprint density at radius 1 is 1.00 bits per heavy atom. The summed E-state index contributed by atoms with van der Waals surface area (Å²) in [5.74, 6) is 0. The summed E-state index contributed by atoms with van der Waals surface area (Å²) < 4.78 is 39.4. The Balaban J connectivity index is 2.17. The van der Waals surface area contributed by atoms with Gasteiger partial charge in [-0.05, 0) is 29.3 Å². The van der Waals surface area contributed by atoms with E-state index < -0.39 is 11.7 Å². The molecule has 0 unspecified atom stereocenters. The van der Waals surface area contributed by atoms with Crippen LogP contribution in [0.1, 0.15) is 16.7 Å². The van der Waals surface area contributed by atoms with E-state index >= 15 is 0 Å². The highest BCUT2D eigenvalue weighted by molar-refractivity contribution is 9.10. The summed E-state index contributed by atoms with van der Waals surface area (Å²) in [6.07, 6.45) is -4.38. The second-order valence-electron chi connectivity index (χ2n) is 4.56. The van der Waals surface area contributed by atoms with Crippen LogP contribution in [0.4, 0.5) is 18.9 Å². The first kappa shape index (κ1) is 15.9. The van der Waals surface area contributed by atoms with Crippen LogP contribution in [-0.2, 0) is 19.3 Å². The third-order valence-corrected chi connectivity index (χ3v) is 3.52. The van der Waals surface area contributed by atoms with Crippen molar-refractivity contribution >= 4 is 21.6 Å². The first-order valence-electron chi connectivity index (χ1n) is 6.28. The Morgan fingerprint density at radius 3 is 2.19 bits per heavy atom. The predicted octanol–water partition coefficient (Wildman–Crippen LogP) is 4.54. The molecule has 0 atom stereocenters. The SMILES string of the molecule is NCc1ccc(CNc2cc(Br)ccc2C(F)(F)F)cc1. The number of halogens is 4. The van der Waals surface area contributed by atoms with E-state index in [0.29, 0.717) is 17.6 Å². The van der Waals surface area contributed by atoms with Gasteiger partial charge in [-0.1, -0.05) is 40.2 Å². The molecule has 0 bridgehead atoms. The molecule has 2 aromatic carbocycles. The molecule has 0 amide bonds. The highest BCUT2D eigenvalue weighted by atomic mass is 79.9. The number of alkyl halides is 3. The summed E-state index contributed by atoms with van der Waals surface area (Å²) in [4.78, 5) is 0. The first-order chi connectivity index (χ1) is 9.90. The molecule has 6 heteroatoms. The summed E-state index contributed by atoms with van der Waals surface area (Å²) in [6, 6.07) is 11.3. The summed E-state index contributed by atoms with van der Waals surface area (Å²) >= 11 is 3.19. The number of benzene rings is 2. The third-order valence-electron chi connectivity index (χ3n) is 3.03. The Labute approximate surface area is 129 Å². The zero-order valence-corrected chi connectivity index (χ0v) is 12.6. The molecule has 2 aromatic rings. The first-order valence-corrected chi connectivity index (χ1v) is 7.08. The minimum Gasteiger partial charge on any atom is -0.380 e. The molecule has 0 fully saturated rings. The molecule has 0 aliphatic carbocycles. The molecule has 0 saturated heterocycles. The zero-order valence-electron chi connectivity index (χ0n) is 11.0. The van der Waals surface area contributed by atoms with Crippen LogP contribution in [0.15, 0.2) is 46.9 Å². The molecule has 3 N–H and O–H groups in total. The zero-order chi connectivity index (χ0) is 15.5. The Bertz CT molecular complexity index is 609. The van der Waals surface area contributed by atoms with Gasteiger partial charge in [0.05, 0.1) is 5.56 Å². The van der Waals surface area contributed by atoms with Gasteiger partial charge in [0, 0.05) is 23.2 Å². The van der Waals surface area contributed by atoms with E-state index in [4.69, 9.17) is 5.73 Å². The minimum atomic E-state index is -4.38. The fourth-order valence-electron chi connectivity index (χ4n) is 1.90. The Hall–Kier alpha value is -1.53. The maximum absolute atomic E-state index is 12.9. The molecule has 0 aromatic heterocycles. The van der Waals surface area contributed by atoms with Crippen LogP contribution in [-0.4, -0.2) is 0 Å². The summed E-state index contributed by atoms with van der Waals surface area (Å²) in [7, 11) is 0. The monoisotopic (exact) mass is 358 g/mol. The van der Waals surface area contributed by atoms with Crippen molar-refractivity contribution in [3.63, 3.8) is 0 Å². The van der Waals surface area contributed by atoms with Crippen molar-refractivity contribution < 1.29 is 13.2 Å². The van der Waals surface area contributed by atoms with Gasteiger partial charge in [-0.3, -0.25) is 0 Å². The van der Waals surface area contributed by atoms with Crippen LogP contribution < -0.4 is 11.1 Å². The lowest BCUT2D eigenvalue weighted by molar-refractivity contribution is -0.137. The van der Waals surface area contributed by atoms with E-state index in [1.54, 1.807) is 0 Å². The van der Waals surface area contributed by atoms with Gasteiger partial charge in [-0.25, -0.2) is 0 Å². The molecular weight excluding hydrogens is 345 g/mol. The Morgan fingerprint density at radius 2 is 1.62 bits per heavy atom. The van der Waals surface area contributed by atoms with Gasteiger partial charge < -0.3 is 11.1 Å². The highest BCUT2D eigenvalue weighted by Gasteiger charge is 2.33. The molecule has 21 heavy (non-hydrogen) atoms. The van der Waals surface area contributed by atoms with Crippen LogP contribution in [0.25, 0.3) is 0 Å². The Kier molecular flexibility index (Phi) is 4.90. The van der Waals surface area contributed by atoms with Gasteiger partial charge in [0.2, 0.25) is 0 Å². The normalized spacial score (nSPS) is 11.5. The largest absolute Gasteiger partial charge is 0.418 e. The lowest BCUT2D eigenvalue weighted by Gasteiger charge is -2.15. The van der Waals surface area contributed by atoms with Crippen molar-refractivity contribution in [3.8, 4) is 0 Å². The van der Waals surface area contributed by atoms with E-state index in [9.17, 15) is 13.2 Å². The van der Waals surface area contributed by atoms with Crippen LogP contribution in [0.3, 0.4) is 0 Å². The molecule has 0 aliphatic rings. The second kappa shape index (κ2) is 6.49. The maximum Gasteiger partial charge on any atom is 0.418 e. The standard InChI is InChI=1S/C15H14BrF3N2/c16-12-5-6-13(15(17,18)19)14(7-12)21-9-11-3-1-10(8-20)2-4-11/h1-7,21H,8-9,20H2. The van der Waals surface area contributed by atoms with Crippen LogP contribution in [0, 0.1) is 0 Å².